The monoisotopic (exact) mass is 321 g/mol. The van der Waals surface area contributed by atoms with Gasteiger partial charge in [-0.15, -0.1) is 15.3 Å². The van der Waals surface area contributed by atoms with Gasteiger partial charge in [0.25, 0.3) is 0 Å². The van der Waals surface area contributed by atoms with E-state index >= 15 is 0 Å². The Morgan fingerprint density at radius 2 is 2.19 bits per heavy atom. The van der Waals surface area contributed by atoms with E-state index in [0.29, 0.717) is 32.3 Å². The topological polar surface area (TPSA) is 86.9 Å². The predicted octanol–water partition coefficient (Wildman–Crippen LogP) is 2.20. The van der Waals surface area contributed by atoms with Gasteiger partial charge >= 0.3 is 0 Å². The molecule has 4 aromatic heterocycles. The molecular weight excluding hydrogens is 314 g/mol. The van der Waals surface area contributed by atoms with Crippen LogP contribution in [-0.2, 0) is 7.05 Å². The maximum Gasteiger partial charge on any atom is 0.235 e. The van der Waals surface area contributed by atoms with Crippen molar-refractivity contribution in [2.24, 2.45) is 7.05 Å². The maximum absolute atomic E-state index is 6.15. The first-order valence-corrected chi connectivity index (χ1v) is 7.17. The van der Waals surface area contributed by atoms with Crippen molar-refractivity contribution in [1.29, 1.82) is 0 Å². The Kier molecular flexibility index (Phi) is 2.59. The fraction of sp³-hybridized carbons (Fsp3) is 0.182. The second kappa shape index (κ2) is 4.37. The molecule has 106 valence electrons. The summed E-state index contributed by atoms with van der Waals surface area (Å²) in [6.45, 7) is 1.86. The fourth-order valence-electron chi connectivity index (χ4n) is 1.99. The zero-order valence-electron chi connectivity index (χ0n) is 11.0. The van der Waals surface area contributed by atoms with Gasteiger partial charge in [0.15, 0.2) is 10.8 Å². The van der Waals surface area contributed by atoms with E-state index in [1.54, 1.807) is 22.4 Å². The van der Waals surface area contributed by atoms with Gasteiger partial charge in [-0.05, 0) is 6.92 Å². The molecule has 0 aliphatic heterocycles. The predicted molar refractivity (Wildman–Crippen MR) is 76.1 cm³/mol. The molecule has 4 aromatic rings. The SMILES string of the molecule is Cc1cc(-c2nn3c(-c4c(Cl)cnn4C)nnc3s2)on1. The standard InChI is InChI=1S/C11H8ClN7OS/c1-5-3-7(20-17-5)10-16-19-9(14-15-11(19)21-10)8-6(12)4-13-18(8)2/h3-4H,1-2H3. The van der Waals surface area contributed by atoms with Crippen LogP contribution in [0.25, 0.3) is 27.2 Å². The van der Waals surface area contributed by atoms with Crippen molar-refractivity contribution in [2.45, 2.75) is 6.92 Å². The molecule has 4 heterocycles. The number of halogens is 1. The lowest BCUT2D eigenvalue weighted by molar-refractivity contribution is 0.426. The molecular formula is C11H8ClN7OS. The Balaban J connectivity index is 1.91. The molecule has 0 aromatic carbocycles. The molecule has 0 saturated carbocycles. The molecule has 10 heteroatoms. The molecule has 0 bridgehead atoms. The van der Waals surface area contributed by atoms with Crippen molar-refractivity contribution in [3.8, 4) is 22.3 Å². The highest BCUT2D eigenvalue weighted by Gasteiger charge is 2.20. The van der Waals surface area contributed by atoms with Gasteiger partial charge in [0.1, 0.15) is 5.69 Å². The summed E-state index contributed by atoms with van der Waals surface area (Å²) in [7, 11) is 1.79. The summed E-state index contributed by atoms with van der Waals surface area (Å²) in [5, 5.41) is 21.9. The minimum atomic E-state index is 0.497. The summed E-state index contributed by atoms with van der Waals surface area (Å²) in [6.07, 6.45) is 1.56. The van der Waals surface area contributed by atoms with Crippen LogP contribution in [0.15, 0.2) is 16.8 Å². The summed E-state index contributed by atoms with van der Waals surface area (Å²) >= 11 is 7.51. The van der Waals surface area contributed by atoms with E-state index in [1.807, 2.05) is 13.0 Å². The number of nitrogens with zero attached hydrogens (tertiary/aromatic N) is 7. The molecule has 0 N–H and O–H groups in total. The molecule has 0 spiro atoms. The summed E-state index contributed by atoms with van der Waals surface area (Å²) in [5.41, 5.74) is 1.46. The van der Waals surface area contributed by atoms with Gasteiger partial charge < -0.3 is 4.52 Å². The molecule has 0 atom stereocenters. The average molecular weight is 322 g/mol. The highest BCUT2D eigenvalue weighted by molar-refractivity contribution is 7.19. The Morgan fingerprint density at radius 3 is 2.86 bits per heavy atom. The van der Waals surface area contributed by atoms with Crippen LogP contribution in [0.3, 0.4) is 0 Å². The van der Waals surface area contributed by atoms with Gasteiger partial charge in [0, 0.05) is 13.1 Å². The highest BCUT2D eigenvalue weighted by atomic mass is 35.5. The van der Waals surface area contributed by atoms with Crippen LogP contribution in [0, 0.1) is 6.92 Å². The van der Waals surface area contributed by atoms with Crippen LogP contribution in [0.2, 0.25) is 5.02 Å². The second-order valence-corrected chi connectivity index (χ2v) is 5.79. The Morgan fingerprint density at radius 1 is 1.33 bits per heavy atom. The van der Waals surface area contributed by atoms with Gasteiger partial charge in [-0.25, -0.2) is 0 Å². The number of hydrogen-bond acceptors (Lipinski definition) is 7. The van der Waals surface area contributed by atoms with Gasteiger partial charge in [0.2, 0.25) is 10.8 Å². The normalized spacial score (nSPS) is 11.6. The Hall–Kier alpha value is -2.26. The number of fused-ring (bicyclic) bond motifs is 1. The molecule has 0 unspecified atom stereocenters. The zero-order chi connectivity index (χ0) is 14.6. The van der Waals surface area contributed by atoms with Crippen LogP contribution in [0.4, 0.5) is 0 Å². The molecule has 0 fully saturated rings. The molecule has 0 radical (unpaired) electrons. The molecule has 0 aliphatic carbocycles. The largest absolute Gasteiger partial charge is 0.353 e. The summed E-state index contributed by atoms with van der Waals surface area (Å²) in [5.74, 6) is 1.14. The number of aromatic nitrogens is 7. The van der Waals surface area contributed by atoms with E-state index < -0.39 is 0 Å². The molecule has 0 amide bonds. The van der Waals surface area contributed by atoms with Crippen LogP contribution < -0.4 is 0 Å². The summed E-state index contributed by atoms with van der Waals surface area (Å²) < 4.78 is 8.48. The van der Waals surface area contributed by atoms with Gasteiger partial charge in [-0.1, -0.05) is 28.1 Å². The zero-order valence-corrected chi connectivity index (χ0v) is 12.6. The van der Waals surface area contributed by atoms with Gasteiger partial charge in [-0.3, -0.25) is 4.68 Å². The molecule has 21 heavy (non-hydrogen) atoms. The molecule has 8 nitrogen and oxygen atoms in total. The van der Waals surface area contributed by atoms with Crippen molar-refractivity contribution in [2.75, 3.05) is 0 Å². The third-order valence-electron chi connectivity index (χ3n) is 2.94. The van der Waals surface area contributed by atoms with Crippen LogP contribution in [-0.4, -0.2) is 34.7 Å². The molecule has 4 rings (SSSR count). The first-order chi connectivity index (χ1) is 10.1. The van der Waals surface area contributed by atoms with Crippen molar-refractivity contribution >= 4 is 27.9 Å². The Labute approximate surface area is 127 Å². The number of rotatable bonds is 2. The van der Waals surface area contributed by atoms with E-state index in [0.717, 1.165) is 5.69 Å². The quantitative estimate of drug-likeness (QED) is 0.562. The second-order valence-electron chi connectivity index (χ2n) is 4.42. The van der Waals surface area contributed by atoms with E-state index in [4.69, 9.17) is 16.1 Å². The van der Waals surface area contributed by atoms with E-state index in [9.17, 15) is 0 Å². The molecule has 0 aliphatic rings. The van der Waals surface area contributed by atoms with Crippen molar-refractivity contribution in [1.82, 2.24) is 34.7 Å². The van der Waals surface area contributed by atoms with Crippen LogP contribution in [0.1, 0.15) is 5.69 Å². The number of aryl methyl sites for hydroxylation is 2. The van der Waals surface area contributed by atoms with Gasteiger partial charge in [-0.2, -0.15) is 9.61 Å². The first kappa shape index (κ1) is 12.5. The average Bonchev–Trinajstić information content (AvgIpc) is 3.16. The summed E-state index contributed by atoms with van der Waals surface area (Å²) in [4.78, 5) is 0.645. The van der Waals surface area contributed by atoms with Gasteiger partial charge in [0.05, 0.1) is 16.9 Å². The lowest BCUT2D eigenvalue weighted by Gasteiger charge is -1.98. The minimum Gasteiger partial charge on any atom is -0.353 e. The maximum atomic E-state index is 6.15. The fourth-order valence-corrected chi connectivity index (χ4v) is 3.03. The first-order valence-electron chi connectivity index (χ1n) is 5.97. The van der Waals surface area contributed by atoms with Crippen molar-refractivity contribution in [3.05, 3.63) is 23.0 Å². The van der Waals surface area contributed by atoms with E-state index in [1.165, 1.54) is 11.3 Å². The smallest absolute Gasteiger partial charge is 0.235 e. The lowest BCUT2D eigenvalue weighted by atomic mass is 10.4. The summed E-state index contributed by atoms with van der Waals surface area (Å²) in [6, 6.07) is 1.82. The van der Waals surface area contributed by atoms with Crippen LogP contribution in [0.5, 0.6) is 0 Å². The number of hydrogen-bond donors (Lipinski definition) is 0. The third-order valence-corrected chi connectivity index (χ3v) is 4.13. The minimum absolute atomic E-state index is 0.497. The van der Waals surface area contributed by atoms with E-state index in [-0.39, 0.29) is 0 Å². The van der Waals surface area contributed by atoms with Crippen LogP contribution >= 0.6 is 22.9 Å². The Bertz CT molecular complexity index is 930. The van der Waals surface area contributed by atoms with E-state index in [2.05, 4.69) is 25.6 Å². The third kappa shape index (κ3) is 1.85. The van der Waals surface area contributed by atoms with Crippen molar-refractivity contribution in [3.63, 3.8) is 0 Å². The lowest BCUT2D eigenvalue weighted by Crippen LogP contribution is -1.98. The van der Waals surface area contributed by atoms with Crippen molar-refractivity contribution < 1.29 is 4.52 Å². The molecule has 0 saturated heterocycles. The highest BCUT2D eigenvalue weighted by Crippen LogP contribution is 2.30.